The summed E-state index contributed by atoms with van der Waals surface area (Å²) >= 11 is 0. The van der Waals surface area contributed by atoms with Gasteiger partial charge in [0.15, 0.2) is 5.78 Å². The van der Waals surface area contributed by atoms with Crippen molar-refractivity contribution in [2.24, 2.45) is 0 Å². The SMILES string of the molecule is CCCNC(=O)C(CC)N(Cc1ccccc1)C(=O)CN(c1cccc(C(C)=O)c1)S(C)(=O)=O. The second-order valence-corrected chi connectivity index (χ2v) is 10.0. The van der Waals surface area contributed by atoms with E-state index in [0.29, 0.717) is 18.5 Å². The molecule has 8 nitrogen and oxygen atoms in total. The summed E-state index contributed by atoms with van der Waals surface area (Å²) in [6.07, 6.45) is 2.13. The Bertz CT molecular complexity index is 1100. The predicted molar refractivity (Wildman–Crippen MR) is 133 cm³/mol. The number of benzene rings is 2. The van der Waals surface area contributed by atoms with Crippen molar-refractivity contribution < 1.29 is 22.8 Å². The minimum atomic E-state index is -3.85. The lowest BCUT2D eigenvalue weighted by atomic mass is 10.1. The molecule has 1 unspecified atom stereocenters. The zero-order valence-corrected chi connectivity index (χ0v) is 21.0. The van der Waals surface area contributed by atoms with E-state index >= 15 is 0 Å². The molecule has 1 N–H and O–H groups in total. The highest BCUT2D eigenvalue weighted by atomic mass is 32.2. The van der Waals surface area contributed by atoms with Gasteiger partial charge in [0.1, 0.15) is 12.6 Å². The van der Waals surface area contributed by atoms with Crippen molar-refractivity contribution >= 4 is 33.3 Å². The minimum Gasteiger partial charge on any atom is -0.354 e. The third kappa shape index (κ3) is 7.41. The molecule has 0 aromatic heterocycles. The van der Waals surface area contributed by atoms with Crippen LogP contribution in [0.3, 0.4) is 0 Å². The largest absolute Gasteiger partial charge is 0.354 e. The van der Waals surface area contributed by atoms with Crippen molar-refractivity contribution in [2.45, 2.75) is 46.2 Å². The van der Waals surface area contributed by atoms with E-state index in [1.807, 2.05) is 44.2 Å². The van der Waals surface area contributed by atoms with Crippen LogP contribution in [0.5, 0.6) is 0 Å². The quantitative estimate of drug-likeness (QED) is 0.464. The van der Waals surface area contributed by atoms with Crippen molar-refractivity contribution in [1.29, 1.82) is 0 Å². The van der Waals surface area contributed by atoms with Crippen LogP contribution in [0.4, 0.5) is 5.69 Å². The number of nitrogens with one attached hydrogen (secondary N) is 1. The van der Waals surface area contributed by atoms with Gasteiger partial charge in [0.05, 0.1) is 11.9 Å². The lowest BCUT2D eigenvalue weighted by Gasteiger charge is -2.33. The third-order valence-electron chi connectivity index (χ3n) is 5.35. The van der Waals surface area contributed by atoms with Crippen LogP contribution < -0.4 is 9.62 Å². The van der Waals surface area contributed by atoms with Crippen molar-refractivity contribution in [3.05, 3.63) is 65.7 Å². The highest BCUT2D eigenvalue weighted by molar-refractivity contribution is 7.92. The van der Waals surface area contributed by atoms with E-state index in [-0.39, 0.29) is 23.9 Å². The maximum Gasteiger partial charge on any atom is 0.244 e. The Kier molecular flexibility index (Phi) is 9.80. The summed E-state index contributed by atoms with van der Waals surface area (Å²) in [5, 5.41) is 2.84. The Morgan fingerprint density at radius 1 is 1.00 bits per heavy atom. The monoisotopic (exact) mass is 487 g/mol. The molecule has 1 atom stereocenters. The average molecular weight is 488 g/mol. The van der Waals surface area contributed by atoms with E-state index in [9.17, 15) is 22.8 Å². The number of hydrogen-bond acceptors (Lipinski definition) is 5. The van der Waals surface area contributed by atoms with Crippen molar-refractivity contribution in [3.63, 3.8) is 0 Å². The lowest BCUT2D eigenvalue weighted by molar-refractivity contribution is -0.140. The molecule has 0 aliphatic rings. The smallest absolute Gasteiger partial charge is 0.244 e. The molecule has 0 aliphatic heterocycles. The fourth-order valence-corrected chi connectivity index (χ4v) is 4.40. The molecule has 2 rings (SSSR count). The number of hydrogen-bond donors (Lipinski definition) is 1. The summed E-state index contributed by atoms with van der Waals surface area (Å²) in [6.45, 7) is 5.28. The van der Waals surface area contributed by atoms with Crippen molar-refractivity contribution in [2.75, 3.05) is 23.7 Å². The molecule has 34 heavy (non-hydrogen) atoms. The zero-order chi connectivity index (χ0) is 25.3. The molecule has 0 heterocycles. The number of Topliss-reactive ketones (excluding diaryl/α,β-unsaturated/α-hetero) is 1. The van der Waals surface area contributed by atoms with Crippen LogP contribution in [0.25, 0.3) is 0 Å². The predicted octanol–water partition coefficient (Wildman–Crippen LogP) is 2.99. The maximum atomic E-state index is 13.5. The van der Waals surface area contributed by atoms with Gasteiger partial charge in [-0.2, -0.15) is 0 Å². The van der Waals surface area contributed by atoms with Gasteiger partial charge in [0.2, 0.25) is 21.8 Å². The first kappa shape index (κ1) is 27.0. The Hall–Kier alpha value is -3.20. The Balaban J connectivity index is 2.43. The topological polar surface area (TPSA) is 104 Å². The van der Waals surface area contributed by atoms with E-state index in [0.717, 1.165) is 22.5 Å². The molecule has 9 heteroatoms. The molecule has 0 saturated carbocycles. The van der Waals surface area contributed by atoms with Gasteiger partial charge >= 0.3 is 0 Å². The number of carbonyl (C=O) groups excluding carboxylic acids is 3. The number of carbonyl (C=O) groups is 3. The van der Waals surface area contributed by atoms with Crippen LogP contribution in [-0.4, -0.2) is 56.3 Å². The number of sulfonamides is 1. The number of ketones is 1. The molecule has 2 aromatic carbocycles. The van der Waals surface area contributed by atoms with Gasteiger partial charge in [0, 0.05) is 18.7 Å². The number of amides is 2. The van der Waals surface area contributed by atoms with E-state index in [2.05, 4.69) is 5.32 Å². The first-order valence-electron chi connectivity index (χ1n) is 11.3. The van der Waals surface area contributed by atoms with Crippen LogP contribution in [0.1, 0.15) is 49.5 Å². The van der Waals surface area contributed by atoms with Crippen molar-refractivity contribution in [1.82, 2.24) is 10.2 Å². The summed E-state index contributed by atoms with van der Waals surface area (Å²) < 4.78 is 26.2. The van der Waals surface area contributed by atoms with Gasteiger partial charge in [-0.15, -0.1) is 0 Å². The van der Waals surface area contributed by atoms with Gasteiger partial charge in [-0.3, -0.25) is 18.7 Å². The minimum absolute atomic E-state index is 0.156. The molecule has 0 radical (unpaired) electrons. The van der Waals surface area contributed by atoms with E-state index < -0.39 is 28.5 Å². The molecule has 2 aromatic rings. The van der Waals surface area contributed by atoms with Gasteiger partial charge in [0.25, 0.3) is 0 Å². The summed E-state index contributed by atoms with van der Waals surface area (Å²) in [6, 6.07) is 14.6. The molecular formula is C25H33N3O5S. The fourth-order valence-electron chi connectivity index (χ4n) is 3.56. The van der Waals surface area contributed by atoms with Crippen LogP contribution in [0.15, 0.2) is 54.6 Å². The first-order chi connectivity index (χ1) is 16.1. The van der Waals surface area contributed by atoms with E-state index in [1.54, 1.807) is 12.1 Å². The summed E-state index contributed by atoms with van der Waals surface area (Å²) in [4.78, 5) is 39.6. The fraction of sp³-hybridized carbons (Fsp3) is 0.400. The zero-order valence-electron chi connectivity index (χ0n) is 20.2. The summed E-state index contributed by atoms with van der Waals surface area (Å²) in [7, 11) is -3.85. The maximum absolute atomic E-state index is 13.5. The molecule has 184 valence electrons. The number of rotatable bonds is 12. The molecule has 0 bridgehead atoms. The van der Waals surface area contributed by atoms with Crippen LogP contribution in [0.2, 0.25) is 0 Å². The third-order valence-corrected chi connectivity index (χ3v) is 6.49. The second kappa shape index (κ2) is 12.3. The molecule has 0 aliphatic carbocycles. The molecule has 0 saturated heterocycles. The van der Waals surface area contributed by atoms with Gasteiger partial charge in [-0.25, -0.2) is 8.42 Å². The highest BCUT2D eigenvalue weighted by Crippen LogP contribution is 2.21. The van der Waals surface area contributed by atoms with Gasteiger partial charge < -0.3 is 10.2 Å². The van der Waals surface area contributed by atoms with E-state index in [4.69, 9.17) is 0 Å². The second-order valence-electron chi connectivity index (χ2n) is 8.10. The average Bonchev–Trinajstić information content (AvgIpc) is 2.80. The van der Waals surface area contributed by atoms with Gasteiger partial charge in [-0.05, 0) is 37.5 Å². The summed E-state index contributed by atoms with van der Waals surface area (Å²) in [5.41, 5.74) is 1.37. The summed E-state index contributed by atoms with van der Waals surface area (Å²) in [5.74, 6) is -1.01. The van der Waals surface area contributed by atoms with Gasteiger partial charge in [-0.1, -0.05) is 56.3 Å². The Labute approximate surface area is 202 Å². The Morgan fingerprint density at radius 3 is 2.24 bits per heavy atom. The Morgan fingerprint density at radius 2 is 1.68 bits per heavy atom. The number of anilines is 1. The van der Waals surface area contributed by atoms with Crippen LogP contribution in [0, 0.1) is 0 Å². The van der Waals surface area contributed by atoms with E-state index in [1.165, 1.54) is 24.0 Å². The highest BCUT2D eigenvalue weighted by Gasteiger charge is 2.31. The standard InChI is InChI=1S/C25H33N3O5S/c1-5-15-26-25(31)23(6-2)27(17-20-11-8-7-9-12-20)24(30)18-28(34(4,32)33)22-14-10-13-21(16-22)19(3)29/h7-14,16,23H,5-6,15,17-18H2,1-4H3,(H,26,31). The normalized spacial score (nSPS) is 12.0. The van der Waals surface area contributed by atoms with Crippen LogP contribution >= 0.6 is 0 Å². The molecule has 2 amide bonds. The number of nitrogens with zero attached hydrogens (tertiary/aromatic N) is 2. The van der Waals surface area contributed by atoms with Crippen molar-refractivity contribution in [3.8, 4) is 0 Å². The molecule has 0 spiro atoms. The first-order valence-corrected chi connectivity index (χ1v) is 13.1. The lowest BCUT2D eigenvalue weighted by Crippen LogP contribution is -2.52. The van der Waals surface area contributed by atoms with Crippen LogP contribution in [-0.2, 0) is 26.2 Å². The molecule has 0 fully saturated rings. The molecular weight excluding hydrogens is 454 g/mol.